The molecule has 3 aromatic carbocycles. The summed E-state index contributed by atoms with van der Waals surface area (Å²) >= 11 is 7.25. The Morgan fingerprint density at radius 3 is 2.57 bits per heavy atom. The highest BCUT2D eigenvalue weighted by molar-refractivity contribution is 7.92. The molecule has 0 saturated carbocycles. The molecule has 0 fully saturated rings. The topological polar surface area (TPSA) is 88.2 Å². The molecule has 0 bridgehead atoms. The second kappa shape index (κ2) is 8.02. The third-order valence-electron chi connectivity index (χ3n) is 4.07. The molecule has 10 heteroatoms. The zero-order valence-corrected chi connectivity index (χ0v) is 17.5. The molecule has 0 spiro atoms. The number of sulfonamides is 1. The maximum Gasteiger partial charge on any atom is 0.261 e. The quantitative estimate of drug-likeness (QED) is 0.430. The Hall–Kier alpha value is -3.01. The molecule has 0 aliphatic heterocycles. The van der Waals surface area contributed by atoms with Gasteiger partial charge in [0.25, 0.3) is 15.9 Å². The van der Waals surface area contributed by atoms with Crippen LogP contribution >= 0.6 is 22.9 Å². The lowest BCUT2D eigenvalue weighted by Gasteiger charge is -2.09. The Morgan fingerprint density at radius 2 is 1.80 bits per heavy atom. The Labute approximate surface area is 180 Å². The van der Waals surface area contributed by atoms with Crippen molar-refractivity contribution in [2.45, 2.75) is 4.90 Å². The smallest absolute Gasteiger partial charge is 0.261 e. The molecule has 4 aromatic rings. The minimum atomic E-state index is -3.92. The predicted octanol–water partition coefficient (Wildman–Crippen LogP) is 5.14. The van der Waals surface area contributed by atoms with Crippen LogP contribution in [0, 0.1) is 5.82 Å². The van der Waals surface area contributed by atoms with Crippen LogP contribution in [0.25, 0.3) is 10.2 Å². The molecule has 0 atom stereocenters. The first-order valence-corrected chi connectivity index (χ1v) is 11.2. The number of hydrogen-bond donors (Lipinski definition) is 2. The molecule has 0 unspecified atom stereocenters. The van der Waals surface area contributed by atoms with E-state index in [0.29, 0.717) is 15.7 Å². The van der Waals surface area contributed by atoms with Crippen LogP contribution in [-0.2, 0) is 10.0 Å². The van der Waals surface area contributed by atoms with Crippen LogP contribution in [0.15, 0.2) is 71.6 Å². The number of benzene rings is 3. The van der Waals surface area contributed by atoms with E-state index in [-0.39, 0.29) is 16.1 Å². The molecule has 2 N–H and O–H groups in total. The van der Waals surface area contributed by atoms with Crippen molar-refractivity contribution in [3.63, 3.8) is 0 Å². The Kier molecular flexibility index (Phi) is 5.42. The largest absolute Gasteiger partial charge is 0.298 e. The molecule has 0 saturated heterocycles. The maximum atomic E-state index is 13.0. The summed E-state index contributed by atoms with van der Waals surface area (Å²) in [5, 5.41) is 3.67. The van der Waals surface area contributed by atoms with Crippen molar-refractivity contribution in [3.8, 4) is 0 Å². The Morgan fingerprint density at radius 1 is 1.03 bits per heavy atom. The first-order valence-electron chi connectivity index (χ1n) is 8.56. The molecule has 0 aliphatic carbocycles. The fourth-order valence-corrected chi connectivity index (χ4v) is 4.86. The lowest BCUT2D eigenvalue weighted by atomic mass is 10.2. The summed E-state index contributed by atoms with van der Waals surface area (Å²) < 4.78 is 41.2. The summed E-state index contributed by atoms with van der Waals surface area (Å²) in [6, 6.07) is 15.7. The standard InChI is InChI=1S/C20H13ClFN3O3S2/c21-13-4-9-17-18(11-13)29-20(23-17)24-19(26)12-2-1-3-15(10-12)25-30(27,28)16-7-5-14(22)6-8-16/h1-11,25H,(H,23,24,26). The van der Waals surface area contributed by atoms with Crippen LogP contribution in [0.3, 0.4) is 0 Å². The maximum absolute atomic E-state index is 13.0. The lowest BCUT2D eigenvalue weighted by Crippen LogP contribution is -2.15. The lowest BCUT2D eigenvalue weighted by molar-refractivity contribution is 0.102. The van der Waals surface area contributed by atoms with E-state index >= 15 is 0 Å². The second-order valence-electron chi connectivity index (χ2n) is 6.23. The fourth-order valence-electron chi connectivity index (χ4n) is 2.67. The first kappa shape index (κ1) is 20.3. The molecule has 4 rings (SSSR count). The SMILES string of the molecule is O=C(Nc1nc2ccc(Cl)cc2s1)c1cccc(NS(=O)(=O)c2ccc(F)cc2)c1. The molecule has 1 amide bonds. The van der Waals surface area contributed by atoms with Gasteiger partial charge in [0.2, 0.25) is 0 Å². The van der Waals surface area contributed by atoms with Gasteiger partial charge in [0.1, 0.15) is 5.82 Å². The number of hydrogen-bond acceptors (Lipinski definition) is 5. The third kappa shape index (κ3) is 4.43. The number of nitrogens with zero attached hydrogens (tertiary/aromatic N) is 1. The van der Waals surface area contributed by atoms with E-state index in [4.69, 9.17) is 11.6 Å². The Bertz CT molecular complexity index is 1360. The summed E-state index contributed by atoms with van der Waals surface area (Å²) in [5.74, 6) is -0.979. The number of aromatic nitrogens is 1. The van der Waals surface area contributed by atoms with Crippen molar-refractivity contribution in [3.05, 3.63) is 83.1 Å². The number of anilines is 2. The van der Waals surface area contributed by atoms with Gasteiger partial charge in [-0.25, -0.2) is 17.8 Å². The van der Waals surface area contributed by atoms with E-state index < -0.39 is 21.7 Å². The molecular weight excluding hydrogens is 449 g/mol. The number of carbonyl (C=O) groups is 1. The van der Waals surface area contributed by atoms with Gasteiger partial charge in [-0.2, -0.15) is 0 Å². The summed E-state index contributed by atoms with van der Waals surface area (Å²) in [5.41, 5.74) is 1.15. The van der Waals surface area contributed by atoms with Crippen molar-refractivity contribution in [1.29, 1.82) is 0 Å². The number of nitrogens with one attached hydrogen (secondary N) is 2. The van der Waals surface area contributed by atoms with Crippen molar-refractivity contribution in [2.24, 2.45) is 0 Å². The van der Waals surface area contributed by atoms with Crippen molar-refractivity contribution >= 4 is 59.9 Å². The zero-order chi connectivity index (χ0) is 21.3. The fraction of sp³-hybridized carbons (Fsp3) is 0. The van der Waals surface area contributed by atoms with E-state index in [1.165, 1.54) is 23.5 Å². The van der Waals surface area contributed by atoms with Crippen molar-refractivity contribution in [2.75, 3.05) is 10.0 Å². The molecule has 0 radical (unpaired) electrons. The minimum Gasteiger partial charge on any atom is -0.298 e. The summed E-state index contributed by atoms with van der Waals surface area (Å²) in [6.07, 6.45) is 0. The number of carbonyl (C=O) groups excluding carboxylic acids is 1. The predicted molar refractivity (Wildman–Crippen MR) is 116 cm³/mol. The molecule has 6 nitrogen and oxygen atoms in total. The van der Waals surface area contributed by atoms with E-state index in [1.54, 1.807) is 30.3 Å². The van der Waals surface area contributed by atoms with Gasteiger partial charge in [-0.05, 0) is 60.7 Å². The first-order chi connectivity index (χ1) is 14.3. The van der Waals surface area contributed by atoms with Gasteiger partial charge in [-0.15, -0.1) is 0 Å². The van der Waals surface area contributed by atoms with Crippen LogP contribution < -0.4 is 10.0 Å². The number of rotatable bonds is 5. The van der Waals surface area contributed by atoms with Gasteiger partial charge in [0, 0.05) is 16.3 Å². The monoisotopic (exact) mass is 461 g/mol. The summed E-state index contributed by atoms with van der Waals surface area (Å²) in [6.45, 7) is 0. The highest BCUT2D eigenvalue weighted by atomic mass is 35.5. The third-order valence-corrected chi connectivity index (χ3v) is 6.64. The van der Waals surface area contributed by atoms with Gasteiger partial charge in [0.15, 0.2) is 5.13 Å². The van der Waals surface area contributed by atoms with Gasteiger partial charge < -0.3 is 0 Å². The van der Waals surface area contributed by atoms with Gasteiger partial charge in [-0.3, -0.25) is 14.8 Å². The van der Waals surface area contributed by atoms with Crippen LogP contribution in [0.5, 0.6) is 0 Å². The van der Waals surface area contributed by atoms with E-state index in [1.807, 2.05) is 0 Å². The number of thiazole rings is 1. The van der Waals surface area contributed by atoms with E-state index in [2.05, 4.69) is 15.0 Å². The molecule has 1 heterocycles. The van der Waals surface area contributed by atoms with E-state index in [0.717, 1.165) is 29.0 Å². The van der Waals surface area contributed by atoms with Crippen LogP contribution in [0.1, 0.15) is 10.4 Å². The summed E-state index contributed by atoms with van der Waals surface area (Å²) in [7, 11) is -3.92. The highest BCUT2D eigenvalue weighted by Gasteiger charge is 2.16. The average molecular weight is 462 g/mol. The number of fused-ring (bicyclic) bond motifs is 1. The number of halogens is 2. The minimum absolute atomic E-state index is 0.0908. The van der Waals surface area contributed by atoms with Crippen molar-refractivity contribution in [1.82, 2.24) is 4.98 Å². The molecule has 30 heavy (non-hydrogen) atoms. The van der Waals surface area contributed by atoms with Crippen molar-refractivity contribution < 1.29 is 17.6 Å². The molecular formula is C20H13ClFN3O3S2. The van der Waals surface area contributed by atoms with Gasteiger partial charge >= 0.3 is 0 Å². The van der Waals surface area contributed by atoms with Gasteiger partial charge in [-0.1, -0.05) is 29.0 Å². The zero-order valence-electron chi connectivity index (χ0n) is 15.1. The number of amides is 1. The molecule has 1 aromatic heterocycles. The molecule has 0 aliphatic rings. The average Bonchev–Trinajstić information content (AvgIpc) is 3.09. The van der Waals surface area contributed by atoms with Crippen LogP contribution in [-0.4, -0.2) is 19.3 Å². The van der Waals surface area contributed by atoms with Crippen LogP contribution in [0.4, 0.5) is 15.2 Å². The van der Waals surface area contributed by atoms with Gasteiger partial charge in [0.05, 0.1) is 15.1 Å². The normalized spacial score (nSPS) is 11.4. The molecule has 152 valence electrons. The highest BCUT2D eigenvalue weighted by Crippen LogP contribution is 2.28. The summed E-state index contributed by atoms with van der Waals surface area (Å²) in [4.78, 5) is 16.8. The Balaban J connectivity index is 1.53. The van der Waals surface area contributed by atoms with Crippen LogP contribution in [0.2, 0.25) is 5.02 Å². The van der Waals surface area contributed by atoms with E-state index in [9.17, 15) is 17.6 Å². The second-order valence-corrected chi connectivity index (χ2v) is 9.37.